The molecule has 5 nitrogen and oxygen atoms in total. The average Bonchev–Trinajstić information content (AvgIpc) is 2.73. The standard InChI is InChI=1S/C12H17BrN4O/c1-4-18-12(2,3)8-15-10-11-14-5-6-17(11)7-9(13)16-10/h5-7H,4,8H2,1-3H3,(H,15,16). The second-order valence-electron chi connectivity index (χ2n) is 4.62. The molecule has 0 radical (unpaired) electrons. The van der Waals surface area contributed by atoms with Gasteiger partial charge in [-0.15, -0.1) is 0 Å². The lowest BCUT2D eigenvalue weighted by molar-refractivity contribution is 0.000656. The van der Waals surface area contributed by atoms with E-state index in [0.717, 1.165) is 16.1 Å². The molecule has 2 rings (SSSR count). The smallest absolute Gasteiger partial charge is 0.180 e. The molecule has 18 heavy (non-hydrogen) atoms. The highest BCUT2D eigenvalue weighted by Crippen LogP contribution is 2.18. The first-order chi connectivity index (χ1) is 8.52. The summed E-state index contributed by atoms with van der Waals surface area (Å²) in [4.78, 5) is 8.69. The lowest BCUT2D eigenvalue weighted by Gasteiger charge is -2.25. The molecule has 0 spiro atoms. The van der Waals surface area contributed by atoms with E-state index in [2.05, 4.69) is 31.2 Å². The topological polar surface area (TPSA) is 51.5 Å². The summed E-state index contributed by atoms with van der Waals surface area (Å²) in [6.45, 7) is 7.45. The number of anilines is 1. The molecule has 6 heteroatoms. The molecular formula is C12H17BrN4O. The lowest BCUT2D eigenvalue weighted by Crippen LogP contribution is -2.33. The second-order valence-corrected chi connectivity index (χ2v) is 5.43. The van der Waals surface area contributed by atoms with Crippen LogP contribution in [0.3, 0.4) is 0 Å². The van der Waals surface area contributed by atoms with E-state index < -0.39 is 0 Å². The van der Waals surface area contributed by atoms with E-state index in [1.165, 1.54) is 0 Å². The van der Waals surface area contributed by atoms with Crippen LogP contribution in [-0.4, -0.2) is 33.1 Å². The van der Waals surface area contributed by atoms with Crippen LogP contribution >= 0.6 is 15.9 Å². The summed E-state index contributed by atoms with van der Waals surface area (Å²) in [6, 6.07) is 0. The van der Waals surface area contributed by atoms with Gasteiger partial charge < -0.3 is 14.5 Å². The minimum atomic E-state index is -0.234. The van der Waals surface area contributed by atoms with Gasteiger partial charge in [0.1, 0.15) is 4.60 Å². The maximum Gasteiger partial charge on any atom is 0.180 e. The van der Waals surface area contributed by atoms with Crippen LogP contribution in [0.1, 0.15) is 20.8 Å². The van der Waals surface area contributed by atoms with E-state index in [9.17, 15) is 0 Å². The summed E-state index contributed by atoms with van der Waals surface area (Å²) >= 11 is 3.39. The largest absolute Gasteiger partial charge is 0.374 e. The SMILES string of the molecule is CCOC(C)(C)CNc1nc(Br)cn2ccnc12. The van der Waals surface area contributed by atoms with E-state index >= 15 is 0 Å². The Hall–Kier alpha value is -1.14. The average molecular weight is 313 g/mol. The molecule has 0 fully saturated rings. The fourth-order valence-corrected chi connectivity index (χ4v) is 2.16. The van der Waals surface area contributed by atoms with Gasteiger partial charge in [-0.3, -0.25) is 0 Å². The van der Waals surface area contributed by atoms with Crippen molar-refractivity contribution in [3.63, 3.8) is 0 Å². The van der Waals surface area contributed by atoms with Crippen LogP contribution in [0.15, 0.2) is 23.2 Å². The number of hydrogen-bond donors (Lipinski definition) is 1. The quantitative estimate of drug-likeness (QED) is 0.922. The maximum atomic E-state index is 5.65. The van der Waals surface area contributed by atoms with Crippen molar-refractivity contribution < 1.29 is 4.74 Å². The Morgan fingerprint density at radius 3 is 3.00 bits per heavy atom. The molecule has 0 saturated heterocycles. The van der Waals surface area contributed by atoms with Crippen LogP contribution < -0.4 is 5.32 Å². The van der Waals surface area contributed by atoms with Crippen molar-refractivity contribution in [1.29, 1.82) is 0 Å². The normalized spacial score (nSPS) is 12.0. The summed E-state index contributed by atoms with van der Waals surface area (Å²) in [5.41, 5.74) is 0.577. The van der Waals surface area contributed by atoms with Gasteiger partial charge in [0.25, 0.3) is 0 Å². The minimum Gasteiger partial charge on any atom is -0.374 e. The summed E-state index contributed by atoms with van der Waals surface area (Å²) < 4.78 is 8.34. The molecule has 0 atom stereocenters. The maximum absolute atomic E-state index is 5.65. The van der Waals surface area contributed by atoms with Crippen molar-refractivity contribution in [3.8, 4) is 0 Å². The Kier molecular flexibility index (Phi) is 3.87. The first-order valence-electron chi connectivity index (χ1n) is 5.89. The Morgan fingerprint density at radius 2 is 2.28 bits per heavy atom. The van der Waals surface area contributed by atoms with Crippen molar-refractivity contribution in [2.75, 3.05) is 18.5 Å². The number of halogens is 1. The number of aromatic nitrogens is 3. The van der Waals surface area contributed by atoms with Gasteiger partial charge in [0.2, 0.25) is 0 Å². The van der Waals surface area contributed by atoms with Crippen LogP contribution in [0.4, 0.5) is 5.82 Å². The van der Waals surface area contributed by atoms with Crippen LogP contribution in [0.2, 0.25) is 0 Å². The molecule has 1 N–H and O–H groups in total. The molecule has 0 saturated carbocycles. The molecule has 2 aromatic heterocycles. The zero-order valence-corrected chi connectivity index (χ0v) is 12.4. The number of nitrogens with zero attached hydrogens (tertiary/aromatic N) is 3. The van der Waals surface area contributed by atoms with Gasteiger partial charge in [0.05, 0.1) is 5.60 Å². The van der Waals surface area contributed by atoms with E-state index in [1.807, 2.05) is 37.6 Å². The van der Waals surface area contributed by atoms with Crippen LogP contribution in [-0.2, 0) is 4.74 Å². The summed E-state index contributed by atoms with van der Waals surface area (Å²) in [5, 5.41) is 3.29. The van der Waals surface area contributed by atoms with E-state index in [0.29, 0.717) is 13.2 Å². The summed E-state index contributed by atoms with van der Waals surface area (Å²) in [5.74, 6) is 0.752. The Labute approximate surface area is 115 Å². The van der Waals surface area contributed by atoms with Gasteiger partial charge in [-0.2, -0.15) is 0 Å². The van der Waals surface area contributed by atoms with Gasteiger partial charge in [-0.25, -0.2) is 9.97 Å². The highest BCUT2D eigenvalue weighted by atomic mass is 79.9. The predicted octanol–water partition coefficient (Wildman–Crippen LogP) is 2.72. The molecule has 0 amide bonds. The predicted molar refractivity (Wildman–Crippen MR) is 74.9 cm³/mol. The molecule has 2 heterocycles. The third kappa shape index (κ3) is 3.00. The third-order valence-corrected chi connectivity index (χ3v) is 2.94. The van der Waals surface area contributed by atoms with E-state index in [4.69, 9.17) is 4.74 Å². The first-order valence-corrected chi connectivity index (χ1v) is 6.68. The zero-order chi connectivity index (χ0) is 13.2. The van der Waals surface area contributed by atoms with Crippen molar-refractivity contribution in [1.82, 2.24) is 14.4 Å². The molecule has 0 bridgehead atoms. The molecule has 0 aliphatic rings. The Balaban J connectivity index is 2.19. The Bertz CT molecular complexity index is 538. The molecule has 0 aliphatic heterocycles. The fraction of sp³-hybridized carbons (Fsp3) is 0.500. The number of rotatable bonds is 5. The second kappa shape index (κ2) is 5.24. The van der Waals surface area contributed by atoms with Gasteiger partial charge in [0, 0.05) is 31.7 Å². The van der Waals surface area contributed by atoms with E-state index in [-0.39, 0.29) is 5.60 Å². The summed E-state index contributed by atoms with van der Waals surface area (Å²) in [7, 11) is 0. The van der Waals surface area contributed by atoms with Crippen molar-refractivity contribution in [2.45, 2.75) is 26.4 Å². The molecule has 2 aromatic rings. The lowest BCUT2D eigenvalue weighted by atomic mass is 10.1. The highest BCUT2D eigenvalue weighted by molar-refractivity contribution is 9.10. The number of ether oxygens (including phenoxy) is 1. The van der Waals surface area contributed by atoms with Crippen molar-refractivity contribution in [2.24, 2.45) is 0 Å². The van der Waals surface area contributed by atoms with Gasteiger partial charge in [-0.05, 0) is 36.7 Å². The van der Waals surface area contributed by atoms with Crippen LogP contribution in [0.5, 0.6) is 0 Å². The Morgan fingerprint density at radius 1 is 1.50 bits per heavy atom. The van der Waals surface area contributed by atoms with Crippen LogP contribution in [0, 0.1) is 0 Å². The molecule has 0 unspecified atom stereocenters. The number of nitrogens with one attached hydrogen (secondary N) is 1. The fourth-order valence-electron chi connectivity index (χ4n) is 1.76. The molecular weight excluding hydrogens is 296 g/mol. The van der Waals surface area contributed by atoms with E-state index in [1.54, 1.807) is 6.20 Å². The first kappa shape index (κ1) is 13.3. The number of imidazole rings is 1. The number of fused-ring (bicyclic) bond motifs is 1. The van der Waals surface area contributed by atoms with Crippen molar-refractivity contribution in [3.05, 3.63) is 23.2 Å². The minimum absolute atomic E-state index is 0.234. The number of hydrogen-bond acceptors (Lipinski definition) is 4. The third-order valence-electron chi connectivity index (χ3n) is 2.56. The van der Waals surface area contributed by atoms with Crippen molar-refractivity contribution >= 4 is 27.4 Å². The van der Waals surface area contributed by atoms with Crippen LogP contribution in [0.25, 0.3) is 5.65 Å². The van der Waals surface area contributed by atoms with Gasteiger partial charge >= 0.3 is 0 Å². The molecule has 0 aromatic carbocycles. The monoisotopic (exact) mass is 312 g/mol. The highest BCUT2D eigenvalue weighted by Gasteiger charge is 2.18. The van der Waals surface area contributed by atoms with Gasteiger partial charge in [0.15, 0.2) is 11.5 Å². The summed E-state index contributed by atoms with van der Waals surface area (Å²) in [6.07, 6.45) is 5.52. The molecule has 98 valence electrons. The van der Waals surface area contributed by atoms with Gasteiger partial charge in [-0.1, -0.05) is 0 Å². The zero-order valence-electron chi connectivity index (χ0n) is 10.8. The molecule has 0 aliphatic carbocycles.